The van der Waals surface area contributed by atoms with Gasteiger partial charge >= 0.3 is 5.63 Å². The number of hydrogen-bond donors (Lipinski definition) is 1. The molecule has 7 heteroatoms. The number of carbonyl (C=O) groups excluding carboxylic acids is 1. The van der Waals surface area contributed by atoms with Gasteiger partial charge in [0, 0.05) is 30.6 Å². The highest BCUT2D eigenvalue weighted by Crippen LogP contribution is 2.54. The van der Waals surface area contributed by atoms with Crippen LogP contribution in [-0.4, -0.2) is 53.9 Å². The molecule has 2 aromatic rings. The molecule has 3 aliphatic rings. The molecule has 7 nitrogen and oxygen atoms in total. The first-order valence-corrected chi connectivity index (χ1v) is 10.6. The van der Waals surface area contributed by atoms with E-state index in [1.54, 1.807) is 6.92 Å². The normalized spacial score (nSPS) is 29.6. The van der Waals surface area contributed by atoms with Crippen LogP contribution in [0.4, 0.5) is 0 Å². The van der Waals surface area contributed by atoms with E-state index < -0.39 is 0 Å². The fraction of sp³-hybridized carbons (Fsp3) is 0.565. The first-order chi connectivity index (χ1) is 14.3. The number of rotatable bonds is 4. The number of aliphatic hydroxyl groups is 1. The lowest BCUT2D eigenvalue weighted by atomic mass is 9.74. The number of benzene rings is 1. The van der Waals surface area contributed by atoms with E-state index in [1.165, 1.54) is 0 Å². The van der Waals surface area contributed by atoms with Crippen LogP contribution in [0.25, 0.3) is 11.0 Å². The summed E-state index contributed by atoms with van der Waals surface area (Å²) in [6, 6.07) is 3.67. The number of ether oxygens (including phenoxy) is 2. The molecule has 30 heavy (non-hydrogen) atoms. The third-order valence-corrected chi connectivity index (χ3v) is 7.36. The van der Waals surface area contributed by atoms with Crippen molar-refractivity contribution >= 4 is 16.9 Å². The van der Waals surface area contributed by atoms with Gasteiger partial charge in [0.1, 0.15) is 11.3 Å². The fourth-order valence-electron chi connectivity index (χ4n) is 5.66. The van der Waals surface area contributed by atoms with Crippen molar-refractivity contribution in [2.45, 2.75) is 45.3 Å². The van der Waals surface area contributed by atoms with Gasteiger partial charge in [-0.25, -0.2) is 4.79 Å². The van der Waals surface area contributed by atoms with Crippen molar-refractivity contribution in [3.05, 3.63) is 39.2 Å². The summed E-state index contributed by atoms with van der Waals surface area (Å²) in [4.78, 5) is 26.8. The Kier molecular flexibility index (Phi) is 4.45. The van der Waals surface area contributed by atoms with Crippen LogP contribution in [0.5, 0.6) is 5.75 Å². The van der Waals surface area contributed by atoms with E-state index in [2.05, 4.69) is 0 Å². The van der Waals surface area contributed by atoms with E-state index in [-0.39, 0.29) is 48.3 Å². The Labute approximate surface area is 174 Å². The summed E-state index contributed by atoms with van der Waals surface area (Å²) in [5.74, 6) is 0.769. The highest BCUT2D eigenvalue weighted by atomic mass is 16.5. The summed E-state index contributed by atoms with van der Waals surface area (Å²) in [5.41, 5.74) is 2.05. The Morgan fingerprint density at radius 2 is 2.10 bits per heavy atom. The Bertz CT molecular complexity index is 1090. The van der Waals surface area contributed by atoms with Gasteiger partial charge in [0.15, 0.2) is 6.61 Å². The highest BCUT2D eigenvalue weighted by Gasteiger charge is 2.63. The van der Waals surface area contributed by atoms with Gasteiger partial charge < -0.3 is 23.9 Å². The van der Waals surface area contributed by atoms with Crippen molar-refractivity contribution in [2.24, 2.45) is 11.8 Å². The third kappa shape index (κ3) is 2.79. The molecule has 3 aliphatic heterocycles. The maximum absolute atomic E-state index is 13.0. The predicted octanol–water partition coefficient (Wildman–Crippen LogP) is 2.10. The Hall–Kier alpha value is -2.38. The second-order valence-electron chi connectivity index (χ2n) is 9.05. The second-order valence-corrected chi connectivity index (χ2v) is 9.05. The predicted molar refractivity (Wildman–Crippen MR) is 110 cm³/mol. The largest absolute Gasteiger partial charge is 0.483 e. The zero-order chi connectivity index (χ0) is 21.2. The summed E-state index contributed by atoms with van der Waals surface area (Å²) >= 11 is 0. The number of amides is 1. The third-order valence-electron chi connectivity index (χ3n) is 7.36. The minimum Gasteiger partial charge on any atom is -0.483 e. The van der Waals surface area contributed by atoms with Gasteiger partial charge in [-0.2, -0.15) is 0 Å². The average Bonchev–Trinajstić information content (AvgIpc) is 3.37. The molecule has 0 saturated carbocycles. The summed E-state index contributed by atoms with van der Waals surface area (Å²) in [7, 11) is 0. The van der Waals surface area contributed by atoms with E-state index in [1.807, 2.05) is 30.9 Å². The second kappa shape index (κ2) is 6.82. The van der Waals surface area contributed by atoms with E-state index in [0.717, 1.165) is 29.4 Å². The lowest BCUT2D eigenvalue weighted by molar-refractivity contribution is -0.133. The zero-order valence-corrected chi connectivity index (χ0v) is 17.6. The smallest absolute Gasteiger partial charge is 0.339 e. The van der Waals surface area contributed by atoms with Gasteiger partial charge in [-0.3, -0.25) is 4.79 Å². The van der Waals surface area contributed by atoms with Crippen molar-refractivity contribution < 1.29 is 23.8 Å². The number of likely N-dealkylation sites (tertiary alicyclic amines) is 1. The number of aliphatic hydroxyl groups excluding tert-OH is 1. The molecule has 0 radical (unpaired) electrons. The number of aryl methyl sites for hydroxylation is 2. The first-order valence-electron chi connectivity index (χ1n) is 10.6. The van der Waals surface area contributed by atoms with Crippen LogP contribution in [0.3, 0.4) is 0 Å². The molecule has 160 valence electrons. The van der Waals surface area contributed by atoms with E-state index in [4.69, 9.17) is 13.9 Å². The maximum atomic E-state index is 13.0. The highest BCUT2D eigenvalue weighted by molar-refractivity contribution is 5.88. The van der Waals surface area contributed by atoms with Crippen LogP contribution in [0.1, 0.15) is 29.5 Å². The Morgan fingerprint density at radius 3 is 2.87 bits per heavy atom. The summed E-state index contributed by atoms with van der Waals surface area (Å²) in [6.45, 7) is 6.67. The van der Waals surface area contributed by atoms with Gasteiger partial charge in [-0.05, 0) is 56.9 Å². The summed E-state index contributed by atoms with van der Waals surface area (Å²) in [5, 5.41) is 10.5. The quantitative estimate of drug-likeness (QED) is 0.772. The average molecular weight is 413 g/mol. The van der Waals surface area contributed by atoms with Gasteiger partial charge in [0.25, 0.3) is 5.91 Å². The topological polar surface area (TPSA) is 89.2 Å². The molecule has 0 unspecified atom stereocenters. The molecule has 1 aromatic heterocycles. The zero-order valence-electron chi connectivity index (χ0n) is 17.6. The van der Waals surface area contributed by atoms with Crippen LogP contribution in [-0.2, 0) is 9.53 Å². The standard InChI is InChI=1S/C23H27NO6/c1-12-6-18(21-13(2)14(3)22(27)29-19(21)7-12)28-10-20(26)24-8-16-15(9-25)17-4-5-23(16,11-24)30-17/h6-7,15-17,25H,4-5,8-11H2,1-3H3/t15-,16+,17+,23+/m1/s1. The van der Waals surface area contributed by atoms with E-state index >= 15 is 0 Å². The molecule has 1 N–H and O–H groups in total. The minimum atomic E-state index is -0.358. The molecule has 1 aromatic carbocycles. The fourth-order valence-corrected chi connectivity index (χ4v) is 5.66. The Morgan fingerprint density at radius 1 is 1.30 bits per heavy atom. The molecule has 5 rings (SSSR count). The molecule has 4 atom stereocenters. The van der Waals surface area contributed by atoms with Crippen LogP contribution < -0.4 is 10.4 Å². The first kappa shape index (κ1) is 19.6. The molecular weight excluding hydrogens is 386 g/mol. The number of fused-ring (bicyclic) bond motifs is 2. The molecule has 1 spiro atoms. The Balaban J connectivity index is 1.36. The van der Waals surface area contributed by atoms with Crippen molar-refractivity contribution in [1.82, 2.24) is 4.90 Å². The molecule has 2 bridgehead atoms. The van der Waals surface area contributed by atoms with Crippen LogP contribution in [0, 0.1) is 32.6 Å². The van der Waals surface area contributed by atoms with Gasteiger partial charge in [0.05, 0.1) is 23.6 Å². The van der Waals surface area contributed by atoms with Gasteiger partial charge in [0.2, 0.25) is 0 Å². The van der Waals surface area contributed by atoms with Crippen molar-refractivity contribution in [3.8, 4) is 5.75 Å². The van der Waals surface area contributed by atoms with Crippen molar-refractivity contribution in [1.29, 1.82) is 0 Å². The molecule has 4 heterocycles. The number of hydrogen-bond acceptors (Lipinski definition) is 6. The minimum absolute atomic E-state index is 0.0911. The van der Waals surface area contributed by atoms with Crippen LogP contribution in [0.2, 0.25) is 0 Å². The molecule has 3 saturated heterocycles. The van der Waals surface area contributed by atoms with Gasteiger partial charge in [-0.1, -0.05) is 0 Å². The molecule has 0 aliphatic carbocycles. The van der Waals surface area contributed by atoms with Gasteiger partial charge in [-0.15, -0.1) is 0 Å². The number of nitrogens with zero attached hydrogens (tertiary/aromatic N) is 1. The lowest BCUT2D eigenvalue weighted by Gasteiger charge is -2.27. The molecule has 1 amide bonds. The summed E-state index contributed by atoms with van der Waals surface area (Å²) in [6.07, 6.45) is 2.04. The van der Waals surface area contributed by atoms with Crippen LogP contribution in [0.15, 0.2) is 21.3 Å². The van der Waals surface area contributed by atoms with Crippen molar-refractivity contribution in [3.63, 3.8) is 0 Å². The maximum Gasteiger partial charge on any atom is 0.339 e. The molecular formula is C23H27NO6. The van der Waals surface area contributed by atoms with Crippen molar-refractivity contribution in [2.75, 3.05) is 26.3 Å². The summed E-state index contributed by atoms with van der Waals surface area (Å²) < 4.78 is 17.6. The molecule has 3 fully saturated rings. The SMILES string of the molecule is Cc1cc(OCC(=O)N2C[C@H]3[C@@H](CO)[C@@H]4CC[C@@]3(C2)O4)c2c(C)c(C)c(=O)oc2c1. The van der Waals surface area contributed by atoms with Crippen LogP contribution >= 0.6 is 0 Å². The lowest BCUT2D eigenvalue weighted by Crippen LogP contribution is -2.38. The number of carbonyl (C=O) groups is 1. The van der Waals surface area contributed by atoms with E-state index in [0.29, 0.717) is 30.0 Å². The monoisotopic (exact) mass is 413 g/mol. The van der Waals surface area contributed by atoms with E-state index in [9.17, 15) is 14.7 Å².